The van der Waals surface area contributed by atoms with Gasteiger partial charge in [0.25, 0.3) is 0 Å². The minimum atomic E-state index is 0.0283. The second-order valence-electron chi connectivity index (χ2n) is 7.93. The maximum atomic E-state index is 13.6. The summed E-state index contributed by atoms with van der Waals surface area (Å²) >= 11 is 0. The van der Waals surface area contributed by atoms with Crippen molar-refractivity contribution in [3.63, 3.8) is 0 Å². The lowest BCUT2D eigenvalue weighted by Gasteiger charge is -2.28. The summed E-state index contributed by atoms with van der Waals surface area (Å²) in [6.45, 7) is 0.773. The Labute approximate surface area is 184 Å². The Kier molecular flexibility index (Phi) is 6.56. The smallest absolute Gasteiger partial charge is 0.224 e. The average molecular weight is 416 g/mol. The summed E-state index contributed by atoms with van der Waals surface area (Å²) in [5, 5.41) is 0. The van der Waals surface area contributed by atoms with E-state index < -0.39 is 0 Å². The van der Waals surface area contributed by atoms with Crippen LogP contribution < -0.4 is 9.47 Å². The molecular weight excluding hydrogens is 386 g/mol. The van der Waals surface area contributed by atoms with Crippen molar-refractivity contribution in [2.24, 2.45) is 0 Å². The summed E-state index contributed by atoms with van der Waals surface area (Å²) in [6.07, 6.45) is 2.38. The zero-order valence-corrected chi connectivity index (χ0v) is 18.2. The van der Waals surface area contributed by atoms with E-state index in [1.807, 2.05) is 59.5 Å². The second-order valence-corrected chi connectivity index (χ2v) is 7.93. The molecule has 4 heteroatoms. The van der Waals surface area contributed by atoms with Gasteiger partial charge >= 0.3 is 0 Å². The van der Waals surface area contributed by atoms with Crippen LogP contribution in [0.3, 0.4) is 0 Å². The molecule has 0 bridgehead atoms. The Balaban J connectivity index is 1.60. The number of carbonyl (C=O) groups is 1. The third-order valence-electron chi connectivity index (χ3n) is 6.16. The fourth-order valence-electron chi connectivity index (χ4n) is 4.57. The van der Waals surface area contributed by atoms with E-state index in [4.69, 9.17) is 9.47 Å². The molecule has 160 valence electrons. The molecule has 0 aromatic heterocycles. The lowest BCUT2D eigenvalue weighted by atomic mass is 9.88. The van der Waals surface area contributed by atoms with Crippen molar-refractivity contribution in [1.82, 2.24) is 4.90 Å². The van der Waals surface area contributed by atoms with Crippen molar-refractivity contribution in [2.75, 3.05) is 20.8 Å². The van der Waals surface area contributed by atoms with Gasteiger partial charge in [0, 0.05) is 30.5 Å². The number of likely N-dealkylation sites (tertiary alicyclic amines) is 1. The minimum absolute atomic E-state index is 0.0283. The fourth-order valence-corrected chi connectivity index (χ4v) is 4.57. The predicted octanol–water partition coefficient (Wildman–Crippen LogP) is 5.59. The van der Waals surface area contributed by atoms with Crippen molar-refractivity contribution in [3.8, 4) is 11.5 Å². The first kappa shape index (κ1) is 21.0. The third-order valence-corrected chi connectivity index (χ3v) is 6.16. The van der Waals surface area contributed by atoms with Gasteiger partial charge in [-0.3, -0.25) is 4.79 Å². The third kappa shape index (κ3) is 4.58. The summed E-state index contributed by atoms with van der Waals surface area (Å²) < 4.78 is 11.0. The predicted molar refractivity (Wildman–Crippen MR) is 123 cm³/mol. The molecule has 0 spiro atoms. The van der Waals surface area contributed by atoms with E-state index in [0.717, 1.165) is 36.4 Å². The van der Waals surface area contributed by atoms with Gasteiger partial charge in [0.1, 0.15) is 11.5 Å². The minimum Gasteiger partial charge on any atom is -0.497 e. The molecule has 4 rings (SSSR count). The van der Waals surface area contributed by atoms with Gasteiger partial charge in [0.2, 0.25) is 5.91 Å². The zero-order chi connectivity index (χ0) is 21.6. The number of hydrogen-bond acceptors (Lipinski definition) is 3. The lowest BCUT2D eigenvalue weighted by molar-refractivity contribution is -0.132. The Morgan fingerprint density at radius 2 is 1.58 bits per heavy atom. The van der Waals surface area contributed by atoms with E-state index in [1.165, 1.54) is 11.1 Å². The topological polar surface area (TPSA) is 38.8 Å². The number of carbonyl (C=O) groups excluding carboxylic acids is 1. The van der Waals surface area contributed by atoms with Crippen LogP contribution in [-0.4, -0.2) is 31.6 Å². The fraction of sp³-hybridized carbons (Fsp3) is 0.296. The number of hydrogen-bond donors (Lipinski definition) is 0. The molecule has 3 aromatic rings. The first-order valence-electron chi connectivity index (χ1n) is 10.8. The van der Waals surface area contributed by atoms with E-state index in [2.05, 4.69) is 24.3 Å². The van der Waals surface area contributed by atoms with Crippen LogP contribution in [0.4, 0.5) is 0 Å². The molecule has 0 radical (unpaired) electrons. The van der Waals surface area contributed by atoms with Gasteiger partial charge in [-0.2, -0.15) is 0 Å². The van der Waals surface area contributed by atoms with Crippen molar-refractivity contribution in [3.05, 3.63) is 95.6 Å². The van der Waals surface area contributed by atoms with E-state index in [-0.39, 0.29) is 17.9 Å². The van der Waals surface area contributed by atoms with E-state index in [0.29, 0.717) is 6.42 Å². The largest absolute Gasteiger partial charge is 0.497 e. The summed E-state index contributed by atoms with van der Waals surface area (Å²) in [6, 6.07) is 26.5. The van der Waals surface area contributed by atoms with Gasteiger partial charge in [-0.15, -0.1) is 0 Å². The average Bonchev–Trinajstić information content (AvgIpc) is 3.33. The molecule has 0 aliphatic carbocycles. The van der Waals surface area contributed by atoms with Crippen LogP contribution >= 0.6 is 0 Å². The van der Waals surface area contributed by atoms with Gasteiger partial charge in [-0.25, -0.2) is 0 Å². The standard InChI is InChI=1S/C27H29NO3/c1-30-22-15-16-23(26(18-22)31-2)25-14-9-17-28(25)27(29)19-24(20-10-5-3-6-11-20)21-12-7-4-8-13-21/h3-8,10-13,15-16,18,24-25H,9,14,17,19H2,1-2H3. The summed E-state index contributed by atoms with van der Waals surface area (Å²) in [5.41, 5.74) is 3.38. The van der Waals surface area contributed by atoms with Crippen LogP contribution in [0.15, 0.2) is 78.9 Å². The van der Waals surface area contributed by atoms with Crippen LogP contribution in [0.1, 0.15) is 47.9 Å². The monoisotopic (exact) mass is 415 g/mol. The number of amides is 1. The van der Waals surface area contributed by atoms with Crippen molar-refractivity contribution >= 4 is 5.91 Å². The molecule has 1 unspecified atom stereocenters. The lowest BCUT2D eigenvalue weighted by Crippen LogP contribution is -2.32. The quantitative estimate of drug-likeness (QED) is 0.505. The number of methoxy groups -OCH3 is 2. The number of benzene rings is 3. The van der Waals surface area contributed by atoms with Gasteiger partial charge in [-0.1, -0.05) is 60.7 Å². The summed E-state index contributed by atoms with van der Waals surface area (Å²) in [7, 11) is 3.31. The molecule has 1 aliphatic rings. The van der Waals surface area contributed by atoms with Crippen LogP contribution in [0.2, 0.25) is 0 Å². The molecule has 1 aliphatic heterocycles. The second kappa shape index (κ2) is 9.69. The Hall–Kier alpha value is -3.27. The van der Waals surface area contributed by atoms with Crippen LogP contribution in [-0.2, 0) is 4.79 Å². The van der Waals surface area contributed by atoms with Crippen molar-refractivity contribution in [1.29, 1.82) is 0 Å². The van der Waals surface area contributed by atoms with Gasteiger partial charge < -0.3 is 14.4 Å². The normalized spacial score (nSPS) is 15.8. The number of rotatable bonds is 7. The van der Waals surface area contributed by atoms with Gasteiger partial charge in [0.15, 0.2) is 0 Å². The highest BCUT2D eigenvalue weighted by atomic mass is 16.5. The molecule has 0 saturated carbocycles. The first-order chi connectivity index (χ1) is 15.2. The molecule has 1 fully saturated rings. The summed E-state index contributed by atoms with van der Waals surface area (Å²) in [4.78, 5) is 15.6. The molecule has 1 atom stereocenters. The summed E-state index contributed by atoms with van der Waals surface area (Å²) in [5.74, 6) is 1.74. The van der Waals surface area contributed by atoms with E-state index >= 15 is 0 Å². The Morgan fingerprint density at radius 1 is 0.935 bits per heavy atom. The molecule has 3 aromatic carbocycles. The number of nitrogens with zero attached hydrogens (tertiary/aromatic N) is 1. The Morgan fingerprint density at radius 3 is 2.16 bits per heavy atom. The molecule has 1 heterocycles. The van der Waals surface area contributed by atoms with Crippen molar-refractivity contribution < 1.29 is 14.3 Å². The maximum Gasteiger partial charge on any atom is 0.224 e. The van der Waals surface area contributed by atoms with Crippen LogP contribution in [0.25, 0.3) is 0 Å². The van der Waals surface area contributed by atoms with Gasteiger partial charge in [0.05, 0.1) is 20.3 Å². The highest BCUT2D eigenvalue weighted by Crippen LogP contribution is 2.40. The zero-order valence-electron chi connectivity index (χ0n) is 18.2. The van der Waals surface area contributed by atoms with Gasteiger partial charge in [-0.05, 0) is 36.1 Å². The Bertz CT molecular complexity index is 964. The highest BCUT2D eigenvalue weighted by Gasteiger charge is 2.33. The van der Waals surface area contributed by atoms with Crippen LogP contribution in [0, 0.1) is 0 Å². The molecule has 4 nitrogen and oxygen atoms in total. The molecule has 31 heavy (non-hydrogen) atoms. The SMILES string of the molecule is COc1ccc(C2CCCN2C(=O)CC(c2ccccc2)c2ccccc2)c(OC)c1. The maximum absolute atomic E-state index is 13.6. The number of ether oxygens (including phenoxy) is 2. The molecule has 1 saturated heterocycles. The molecular formula is C27H29NO3. The van der Waals surface area contributed by atoms with Crippen LogP contribution in [0.5, 0.6) is 11.5 Å². The van der Waals surface area contributed by atoms with E-state index in [9.17, 15) is 4.79 Å². The van der Waals surface area contributed by atoms with E-state index in [1.54, 1.807) is 14.2 Å². The molecule has 1 amide bonds. The molecule has 0 N–H and O–H groups in total. The highest BCUT2D eigenvalue weighted by molar-refractivity contribution is 5.79. The first-order valence-corrected chi connectivity index (χ1v) is 10.8. The van der Waals surface area contributed by atoms with Crippen molar-refractivity contribution in [2.45, 2.75) is 31.2 Å².